The number of fused-ring (bicyclic) bond motifs is 5. The molecule has 2 nitrogen and oxygen atoms in total. The smallest absolute Gasteiger partial charge is 0.138 e. The van der Waals surface area contributed by atoms with E-state index in [1.54, 1.807) is 11.3 Å². The van der Waals surface area contributed by atoms with E-state index in [0.717, 1.165) is 95.4 Å². The summed E-state index contributed by atoms with van der Waals surface area (Å²) in [6.45, 7) is 31.2. The van der Waals surface area contributed by atoms with Crippen LogP contribution in [0, 0.1) is 12.8 Å². The van der Waals surface area contributed by atoms with Crippen LogP contribution in [0.2, 0.25) is 0 Å². The Hall–Kier alpha value is -7.07. The Morgan fingerprint density at radius 3 is 2.16 bits per heavy atom. The molecule has 0 bridgehead atoms. The van der Waals surface area contributed by atoms with Crippen LogP contribution in [0.3, 0.4) is 0 Å². The van der Waals surface area contributed by atoms with Gasteiger partial charge in [0.05, 0.1) is 11.4 Å². The minimum atomic E-state index is -0.124. The molecule has 0 saturated heterocycles. The molecule has 0 spiro atoms. The number of allylic oxidation sites excluding steroid dienone is 6. The summed E-state index contributed by atoms with van der Waals surface area (Å²) in [6, 6.07) is 49.8. The number of ether oxygens (including phenoxy) is 1. The highest BCUT2D eigenvalue weighted by molar-refractivity contribution is 7.20. The van der Waals surface area contributed by atoms with Gasteiger partial charge in [-0.3, -0.25) is 0 Å². The highest BCUT2D eigenvalue weighted by atomic mass is 32.1. The quantitative estimate of drug-likeness (QED) is 0.126. The lowest BCUT2D eigenvalue weighted by Gasteiger charge is -2.30. The van der Waals surface area contributed by atoms with Gasteiger partial charge in [0.25, 0.3) is 0 Å². The molecule has 7 aromatic carbocycles. The molecule has 2 unspecified atom stereocenters. The summed E-state index contributed by atoms with van der Waals surface area (Å²) in [5, 5.41) is 5.79. The number of rotatable bonds is 10. The van der Waals surface area contributed by atoms with Gasteiger partial charge in [-0.1, -0.05) is 185 Å². The van der Waals surface area contributed by atoms with E-state index in [0.29, 0.717) is 6.42 Å². The Morgan fingerprint density at radius 1 is 0.750 bits per heavy atom. The van der Waals surface area contributed by atoms with Gasteiger partial charge < -0.3 is 4.74 Å². The fourth-order valence-corrected chi connectivity index (χ4v) is 10.7. The summed E-state index contributed by atoms with van der Waals surface area (Å²) in [4.78, 5) is 6.71. The molecule has 314 valence electrons. The minimum Gasteiger partial charge on any atom is -0.461 e. The average molecular weight is 848 g/mol. The lowest BCUT2D eigenvalue weighted by atomic mass is 9.75. The van der Waals surface area contributed by atoms with Crippen LogP contribution in [-0.2, 0) is 12.8 Å². The van der Waals surface area contributed by atoms with Crippen molar-refractivity contribution >= 4 is 66.0 Å². The van der Waals surface area contributed by atoms with Crippen LogP contribution in [0.1, 0.15) is 64.9 Å². The second-order valence-corrected chi connectivity index (χ2v) is 18.3. The SMILES string of the molecule is C=C/C1=C(\C)Cc2ccc3ccccc3c2OC(=C)C(C)C1c1cc(-c2ccc3c(C)c(C=C)sc3c2)ccc1CC(=C)/C(=N\c1ccc2ccccc2c1C(=C)C)c1ccccc1. The van der Waals surface area contributed by atoms with Gasteiger partial charge in [0.1, 0.15) is 11.5 Å². The average Bonchev–Trinajstić information content (AvgIpc) is 3.65. The summed E-state index contributed by atoms with van der Waals surface area (Å²) in [5.74, 6) is 1.35. The van der Waals surface area contributed by atoms with Crippen molar-refractivity contribution in [1.82, 2.24) is 0 Å². The number of thiophene rings is 1. The maximum atomic E-state index is 6.96. The lowest BCUT2D eigenvalue weighted by molar-refractivity contribution is 0.346. The Morgan fingerprint density at radius 2 is 1.42 bits per heavy atom. The van der Waals surface area contributed by atoms with E-state index in [4.69, 9.17) is 16.3 Å². The van der Waals surface area contributed by atoms with Crippen LogP contribution in [-0.4, -0.2) is 5.71 Å². The first-order valence-corrected chi connectivity index (χ1v) is 22.8. The molecule has 3 heteroatoms. The summed E-state index contributed by atoms with van der Waals surface area (Å²) in [7, 11) is 0. The molecule has 2 atom stereocenters. The Kier molecular flexibility index (Phi) is 11.6. The maximum absolute atomic E-state index is 6.96. The van der Waals surface area contributed by atoms with Crippen LogP contribution in [0.15, 0.2) is 206 Å². The predicted molar refractivity (Wildman–Crippen MR) is 278 cm³/mol. The molecule has 0 N–H and O–H groups in total. The van der Waals surface area contributed by atoms with Gasteiger partial charge in [-0.25, -0.2) is 4.99 Å². The summed E-state index contributed by atoms with van der Waals surface area (Å²) in [6.07, 6.45) is 5.32. The summed E-state index contributed by atoms with van der Waals surface area (Å²) >= 11 is 1.79. The molecular weight excluding hydrogens is 795 g/mol. The van der Waals surface area contributed by atoms with E-state index in [1.165, 1.54) is 37.2 Å². The van der Waals surface area contributed by atoms with Crippen molar-refractivity contribution in [3.8, 4) is 16.9 Å². The third-order valence-corrected chi connectivity index (χ3v) is 14.3. The topological polar surface area (TPSA) is 21.6 Å². The Balaban J connectivity index is 1.22. The molecule has 2 heterocycles. The molecule has 64 heavy (non-hydrogen) atoms. The predicted octanol–water partition coefficient (Wildman–Crippen LogP) is 17.1. The third-order valence-electron chi connectivity index (χ3n) is 13.0. The first-order chi connectivity index (χ1) is 31.0. The number of aliphatic imine (C=N–C) groups is 1. The first kappa shape index (κ1) is 42.2. The molecule has 1 aliphatic rings. The van der Waals surface area contributed by atoms with Crippen molar-refractivity contribution in [2.75, 3.05) is 0 Å². The molecule has 9 rings (SSSR count). The fraction of sp³-hybridized carbons (Fsp3) is 0.131. The van der Waals surface area contributed by atoms with Crippen molar-refractivity contribution in [3.05, 3.63) is 239 Å². The van der Waals surface area contributed by atoms with Crippen LogP contribution >= 0.6 is 11.3 Å². The van der Waals surface area contributed by atoms with Gasteiger partial charge >= 0.3 is 0 Å². The molecule has 8 aromatic rings. The highest BCUT2D eigenvalue weighted by Gasteiger charge is 2.32. The van der Waals surface area contributed by atoms with Gasteiger partial charge in [0.2, 0.25) is 0 Å². The molecule has 1 aromatic heterocycles. The van der Waals surface area contributed by atoms with E-state index in [1.807, 2.05) is 12.1 Å². The standard InChI is InChI=1S/C61H53NOS/c1-10-50-38(5)33-49-28-25-44-20-16-18-24-53(44)61(49)63-42(9)40(7)59(50)54-35-46(47-29-31-51-41(8)56(11-2)64-57(51)36-47)26-27-48(54)34-39(6)60(45-21-13-12-14-22-45)62-55-32-30-43-19-15-17-23-52(43)58(55)37(3)4/h10-32,35-36,40,59H,1-3,6,9,33-34H2,4-5,7-8H3/b50-38-,62-60+. The Labute approximate surface area is 382 Å². The van der Waals surface area contributed by atoms with E-state index >= 15 is 0 Å². The largest absolute Gasteiger partial charge is 0.461 e. The van der Waals surface area contributed by atoms with Crippen molar-refractivity contribution in [2.45, 2.75) is 46.5 Å². The van der Waals surface area contributed by atoms with E-state index in [2.05, 4.69) is 194 Å². The molecule has 1 aliphatic heterocycles. The molecule has 0 radical (unpaired) electrons. The van der Waals surface area contributed by atoms with Crippen LogP contribution in [0.5, 0.6) is 5.75 Å². The molecule has 0 fully saturated rings. The molecule has 0 saturated carbocycles. The van der Waals surface area contributed by atoms with Crippen LogP contribution < -0.4 is 4.74 Å². The highest BCUT2D eigenvalue weighted by Crippen LogP contribution is 2.46. The third kappa shape index (κ3) is 7.82. The van der Waals surface area contributed by atoms with Gasteiger partial charge in [-0.15, -0.1) is 11.3 Å². The zero-order chi connectivity index (χ0) is 44.6. The van der Waals surface area contributed by atoms with Gasteiger partial charge in [-0.2, -0.15) is 0 Å². The zero-order valence-corrected chi connectivity index (χ0v) is 38.1. The van der Waals surface area contributed by atoms with Crippen molar-refractivity contribution in [2.24, 2.45) is 10.9 Å². The van der Waals surface area contributed by atoms with Gasteiger partial charge in [0, 0.05) is 37.9 Å². The van der Waals surface area contributed by atoms with Crippen LogP contribution in [0.4, 0.5) is 5.69 Å². The van der Waals surface area contributed by atoms with E-state index in [-0.39, 0.29) is 11.8 Å². The second kappa shape index (κ2) is 17.6. The second-order valence-electron chi connectivity index (χ2n) is 17.2. The normalized spacial score (nSPS) is 16.8. The van der Waals surface area contributed by atoms with E-state index < -0.39 is 0 Å². The summed E-state index contributed by atoms with van der Waals surface area (Å²) in [5.41, 5.74) is 15.2. The molecular formula is C61H53NOS. The number of nitrogens with zero attached hydrogens (tertiary/aromatic N) is 1. The number of hydrogen-bond acceptors (Lipinski definition) is 3. The number of hydrogen-bond donors (Lipinski definition) is 0. The van der Waals surface area contributed by atoms with Crippen LogP contribution in [0.25, 0.3) is 54.4 Å². The number of benzene rings is 7. The monoisotopic (exact) mass is 847 g/mol. The maximum Gasteiger partial charge on any atom is 0.138 e. The van der Waals surface area contributed by atoms with E-state index in [9.17, 15) is 0 Å². The van der Waals surface area contributed by atoms with Gasteiger partial charge in [-0.05, 0) is 117 Å². The lowest BCUT2D eigenvalue weighted by Crippen LogP contribution is -2.19. The zero-order valence-electron chi connectivity index (χ0n) is 37.3. The summed E-state index contributed by atoms with van der Waals surface area (Å²) < 4.78 is 8.21. The Bertz CT molecular complexity index is 3280. The van der Waals surface area contributed by atoms with Crippen molar-refractivity contribution in [3.63, 3.8) is 0 Å². The van der Waals surface area contributed by atoms with Crippen molar-refractivity contribution in [1.29, 1.82) is 0 Å². The number of aryl methyl sites for hydroxylation is 1. The van der Waals surface area contributed by atoms with Gasteiger partial charge in [0.15, 0.2) is 0 Å². The molecule has 0 amide bonds. The minimum absolute atomic E-state index is 0.120. The molecule has 0 aliphatic carbocycles. The first-order valence-electron chi connectivity index (χ1n) is 22.0. The fourth-order valence-electron chi connectivity index (χ4n) is 9.64. The van der Waals surface area contributed by atoms with Crippen molar-refractivity contribution < 1.29 is 4.74 Å².